The number of nitrogens with one attached hydrogen (secondary N) is 2. The molecular weight excluding hydrogens is 489 g/mol. The molecule has 0 aliphatic carbocycles. The van der Waals surface area contributed by atoms with Crippen LogP contribution in [0.15, 0.2) is 60.7 Å². The molecule has 0 atom stereocenters. The molecule has 0 unspecified atom stereocenters. The van der Waals surface area contributed by atoms with Gasteiger partial charge in [-0.1, -0.05) is 6.07 Å². The summed E-state index contributed by atoms with van der Waals surface area (Å²) in [7, 11) is 1.29. The number of fused-ring (bicyclic) bond motifs is 1. The Bertz CT molecular complexity index is 1430. The average molecular weight is 513 g/mol. The molecule has 36 heavy (non-hydrogen) atoms. The summed E-state index contributed by atoms with van der Waals surface area (Å²) >= 11 is 1.19. The third-order valence-corrected chi connectivity index (χ3v) is 7.16. The summed E-state index contributed by atoms with van der Waals surface area (Å²) in [6.45, 7) is 2.54. The number of carbonyl (C=O) groups excluding carboxylic acids is 1. The molecule has 2 N–H and O–H groups in total. The molecule has 4 aromatic rings. The summed E-state index contributed by atoms with van der Waals surface area (Å²) in [6, 6.07) is 16.0. The van der Waals surface area contributed by atoms with E-state index in [1.54, 1.807) is 30.3 Å². The van der Waals surface area contributed by atoms with E-state index in [0.717, 1.165) is 37.8 Å². The van der Waals surface area contributed by atoms with Gasteiger partial charge in [0.2, 0.25) is 0 Å². The third-order valence-electron chi connectivity index (χ3n) is 5.99. The zero-order valence-electron chi connectivity index (χ0n) is 19.5. The molecule has 1 aliphatic rings. The van der Waals surface area contributed by atoms with E-state index >= 15 is 0 Å². The Labute approximate surface area is 209 Å². The number of anilines is 1. The number of thiophene rings is 1. The third kappa shape index (κ3) is 4.76. The smallest absolute Gasteiger partial charge is 0.337 e. The van der Waals surface area contributed by atoms with Crippen molar-refractivity contribution >= 4 is 33.1 Å². The fourth-order valence-electron chi connectivity index (χ4n) is 4.04. The quantitative estimate of drug-likeness (QED) is 0.267. The zero-order chi connectivity index (χ0) is 25.4. The van der Waals surface area contributed by atoms with Crippen LogP contribution in [0.3, 0.4) is 0 Å². The Hall–Kier alpha value is -3.56. The maximum absolute atomic E-state index is 14.5. The van der Waals surface area contributed by atoms with Gasteiger partial charge in [-0.15, -0.1) is 11.3 Å². The van der Waals surface area contributed by atoms with Crippen molar-refractivity contribution in [3.8, 4) is 21.9 Å². The minimum absolute atomic E-state index is 0.162. The van der Waals surface area contributed by atoms with Crippen LogP contribution < -0.4 is 15.4 Å². The van der Waals surface area contributed by atoms with Crippen LogP contribution in [0.1, 0.15) is 22.8 Å². The number of hydrogen-bond acceptors (Lipinski definition) is 6. The first-order chi connectivity index (χ1) is 17.2. The molecule has 1 fully saturated rings. The topological polar surface area (TPSA) is 59.6 Å². The molecule has 186 valence electrons. The van der Waals surface area contributed by atoms with E-state index in [0.29, 0.717) is 38.1 Å². The van der Waals surface area contributed by atoms with Gasteiger partial charge in [-0.25, -0.2) is 18.0 Å². The fraction of sp³-hybridized carbons (Fsp3) is 0.222. The SMILES string of the molecule is COC(=O)c1ccc2c(Oc3ccc(NC4CNC4)cc3)c(-c3ccc(F)cc3C(C)(F)F)sc2c1. The highest BCUT2D eigenvalue weighted by molar-refractivity contribution is 7.22. The summed E-state index contributed by atoms with van der Waals surface area (Å²) in [5, 5.41) is 7.25. The van der Waals surface area contributed by atoms with Crippen LogP contribution in [0.5, 0.6) is 11.5 Å². The van der Waals surface area contributed by atoms with Gasteiger partial charge in [0.1, 0.15) is 11.6 Å². The zero-order valence-corrected chi connectivity index (χ0v) is 20.3. The number of hydrogen-bond donors (Lipinski definition) is 2. The highest BCUT2D eigenvalue weighted by Crippen LogP contribution is 2.49. The van der Waals surface area contributed by atoms with E-state index in [1.165, 1.54) is 24.5 Å². The summed E-state index contributed by atoms with van der Waals surface area (Å²) in [5.74, 6) is -3.69. The Morgan fingerprint density at radius 1 is 1.08 bits per heavy atom. The minimum Gasteiger partial charge on any atom is -0.465 e. The van der Waals surface area contributed by atoms with E-state index in [9.17, 15) is 18.0 Å². The van der Waals surface area contributed by atoms with Crippen LogP contribution in [0.25, 0.3) is 20.5 Å². The number of carbonyl (C=O) groups is 1. The van der Waals surface area contributed by atoms with Crippen LogP contribution in [-0.4, -0.2) is 32.2 Å². The summed E-state index contributed by atoms with van der Waals surface area (Å²) < 4.78 is 54.7. The van der Waals surface area contributed by atoms with Crippen molar-refractivity contribution in [2.24, 2.45) is 0 Å². The molecule has 1 aromatic heterocycles. The largest absolute Gasteiger partial charge is 0.465 e. The number of ether oxygens (including phenoxy) is 2. The molecule has 9 heteroatoms. The second-order valence-electron chi connectivity index (χ2n) is 8.67. The van der Waals surface area contributed by atoms with Gasteiger partial charge in [-0.05, 0) is 54.6 Å². The van der Waals surface area contributed by atoms with Gasteiger partial charge >= 0.3 is 5.97 Å². The normalized spacial score (nSPS) is 13.9. The van der Waals surface area contributed by atoms with Crippen molar-refractivity contribution < 1.29 is 27.4 Å². The van der Waals surface area contributed by atoms with Crippen LogP contribution in [0, 0.1) is 5.82 Å². The fourth-order valence-corrected chi connectivity index (χ4v) is 5.25. The van der Waals surface area contributed by atoms with Crippen LogP contribution >= 0.6 is 11.3 Å². The number of esters is 1. The van der Waals surface area contributed by atoms with Crippen molar-refractivity contribution in [3.05, 3.63) is 77.6 Å². The van der Waals surface area contributed by atoms with Gasteiger partial charge in [-0.2, -0.15) is 0 Å². The average Bonchev–Trinajstić information content (AvgIpc) is 3.18. The van der Waals surface area contributed by atoms with E-state index in [1.807, 2.05) is 12.1 Å². The van der Waals surface area contributed by atoms with Crippen molar-refractivity contribution in [2.75, 3.05) is 25.5 Å². The molecule has 2 heterocycles. The molecular formula is C27H23F3N2O3S. The molecule has 0 spiro atoms. The van der Waals surface area contributed by atoms with Crippen LogP contribution in [0.4, 0.5) is 18.9 Å². The number of rotatable bonds is 7. The predicted octanol–water partition coefficient (Wildman–Crippen LogP) is 6.78. The molecule has 1 saturated heterocycles. The summed E-state index contributed by atoms with van der Waals surface area (Å²) in [6.07, 6.45) is 0. The standard InChI is InChI=1S/C27H23F3N2O3S/c1-27(29,30)22-12-16(28)4-10-20(22)25-24(21-9-3-15(26(33)34-2)11-23(21)36-25)35-19-7-5-17(6-8-19)32-18-13-31-14-18/h3-12,18,31-32H,13-14H2,1-2H3. The van der Waals surface area contributed by atoms with Crippen molar-refractivity contribution in [1.82, 2.24) is 5.32 Å². The molecule has 0 radical (unpaired) electrons. The Morgan fingerprint density at radius 2 is 1.83 bits per heavy atom. The van der Waals surface area contributed by atoms with Gasteiger partial charge in [0, 0.05) is 46.9 Å². The van der Waals surface area contributed by atoms with Gasteiger partial charge in [0.15, 0.2) is 5.75 Å². The van der Waals surface area contributed by atoms with Crippen molar-refractivity contribution in [2.45, 2.75) is 18.9 Å². The highest BCUT2D eigenvalue weighted by Gasteiger charge is 2.31. The van der Waals surface area contributed by atoms with Crippen LogP contribution in [-0.2, 0) is 10.7 Å². The maximum atomic E-state index is 14.5. The monoisotopic (exact) mass is 512 g/mol. The highest BCUT2D eigenvalue weighted by atomic mass is 32.1. The number of methoxy groups -OCH3 is 1. The van der Waals surface area contributed by atoms with Crippen molar-refractivity contribution in [1.29, 1.82) is 0 Å². The molecule has 0 bridgehead atoms. The second-order valence-corrected chi connectivity index (χ2v) is 9.72. The molecule has 3 aromatic carbocycles. The van der Waals surface area contributed by atoms with E-state index in [-0.39, 0.29) is 5.56 Å². The first-order valence-corrected chi connectivity index (χ1v) is 12.1. The second kappa shape index (κ2) is 9.48. The number of alkyl halides is 2. The summed E-state index contributed by atoms with van der Waals surface area (Å²) in [5.41, 5.74) is 0.986. The molecule has 5 nitrogen and oxygen atoms in total. The lowest BCUT2D eigenvalue weighted by Crippen LogP contribution is -2.51. The Morgan fingerprint density at radius 3 is 2.47 bits per heavy atom. The lowest BCUT2D eigenvalue weighted by Gasteiger charge is -2.29. The summed E-state index contributed by atoms with van der Waals surface area (Å²) in [4.78, 5) is 12.5. The van der Waals surface area contributed by atoms with Gasteiger partial charge in [-0.3, -0.25) is 0 Å². The van der Waals surface area contributed by atoms with Crippen molar-refractivity contribution in [3.63, 3.8) is 0 Å². The maximum Gasteiger partial charge on any atom is 0.337 e. The van der Waals surface area contributed by atoms with Gasteiger partial charge in [0.25, 0.3) is 5.92 Å². The van der Waals surface area contributed by atoms with E-state index < -0.39 is 23.3 Å². The molecule has 5 rings (SSSR count). The minimum atomic E-state index is -3.29. The van der Waals surface area contributed by atoms with Gasteiger partial charge < -0.3 is 20.1 Å². The molecule has 0 saturated carbocycles. The lowest BCUT2D eigenvalue weighted by molar-refractivity contribution is 0.0178. The molecule has 1 aliphatic heterocycles. The first-order valence-electron chi connectivity index (χ1n) is 11.3. The first kappa shape index (κ1) is 24.1. The predicted molar refractivity (Wildman–Crippen MR) is 135 cm³/mol. The van der Waals surface area contributed by atoms with E-state index in [4.69, 9.17) is 9.47 Å². The molecule has 0 amide bonds. The van der Waals surface area contributed by atoms with Crippen LogP contribution in [0.2, 0.25) is 0 Å². The lowest BCUT2D eigenvalue weighted by atomic mass is 10.00. The number of halogens is 3. The Kier molecular flexibility index (Phi) is 6.36. The van der Waals surface area contributed by atoms with E-state index in [2.05, 4.69) is 10.6 Å². The van der Waals surface area contributed by atoms with Gasteiger partial charge in [0.05, 0.1) is 23.6 Å². The Balaban J connectivity index is 1.61. The number of benzene rings is 3.